The van der Waals surface area contributed by atoms with Crippen LogP contribution in [-0.4, -0.2) is 94.3 Å². The Morgan fingerprint density at radius 3 is 2.64 bits per heavy atom. The molecular formula is C34H36F5N7O3S. The number of nitrogen functional groups attached to an aromatic ring is 1. The van der Waals surface area contributed by atoms with E-state index in [4.69, 9.17) is 15.2 Å². The minimum atomic E-state index is -5.04. The minimum absolute atomic E-state index is 0.0111. The van der Waals surface area contributed by atoms with Gasteiger partial charge in [0, 0.05) is 55.3 Å². The summed E-state index contributed by atoms with van der Waals surface area (Å²) in [5.74, 6) is -2.27. The molecule has 3 aliphatic heterocycles. The highest BCUT2D eigenvalue weighted by Crippen LogP contribution is 2.47. The van der Waals surface area contributed by atoms with Crippen molar-refractivity contribution in [1.82, 2.24) is 24.8 Å². The van der Waals surface area contributed by atoms with Gasteiger partial charge in [-0.15, -0.1) is 0 Å². The number of methoxy groups -OCH3 is 1. The number of amides is 1. The number of hydrogen-bond donors (Lipinski definition) is 1. The van der Waals surface area contributed by atoms with Gasteiger partial charge in [0.05, 0.1) is 27.4 Å². The van der Waals surface area contributed by atoms with Crippen molar-refractivity contribution in [1.29, 1.82) is 0 Å². The molecule has 2 aromatic carbocycles. The molecule has 0 bridgehead atoms. The van der Waals surface area contributed by atoms with E-state index >= 15 is 4.39 Å². The van der Waals surface area contributed by atoms with Crippen molar-refractivity contribution in [2.24, 2.45) is 0 Å². The van der Waals surface area contributed by atoms with Crippen molar-refractivity contribution in [3.8, 4) is 17.1 Å². The summed E-state index contributed by atoms with van der Waals surface area (Å²) in [4.78, 5) is 31.4. The second-order valence-electron chi connectivity index (χ2n) is 13.3. The number of aromatic nitrogens is 3. The monoisotopic (exact) mass is 717 g/mol. The maximum atomic E-state index is 17.0. The molecule has 0 saturated carbocycles. The molecule has 0 radical (unpaired) electrons. The molecule has 0 aliphatic carbocycles. The first-order valence-corrected chi connectivity index (χ1v) is 17.1. The number of thiazole rings is 1. The van der Waals surface area contributed by atoms with Crippen LogP contribution in [0.15, 0.2) is 30.9 Å². The van der Waals surface area contributed by atoms with E-state index in [0.29, 0.717) is 6.42 Å². The lowest BCUT2D eigenvalue weighted by molar-refractivity contribution is -0.137. The number of rotatable bonds is 7. The summed E-state index contributed by atoms with van der Waals surface area (Å²) in [5.41, 5.74) is 2.45. The molecule has 2 aromatic heterocycles. The molecule has 4 atom stereocenters. The molecule has 266 valence electrons. The van der Waals surface area contributed by atoms with E-state index in [-0.39, 0.29) is 81.4 Å². The van der Waals surface area contributed by atoms with Crippen LogP contribution >= 0.6 is 11.3 Å². The molecule has 5 heterocycles. The number of hydrogen-bond acceptors (Lipinski definition) is 10. The Kier molecular flexibility index (Phi) is 8.62. The molecule has 10 nitrogen and oxygen atoms in total. The Balaban J connectivity index is 1.42. The summed E-state index contributed by atoms with van der Waals surface area (Å²) in [6, 6.07) is 1.84. The smallest absolute Gasteiger partial charge is 0.417 e. The molecule has 2 N–H and O–H groups in total. The van der Waals surface area contributed by atoms with Crippen LogP contribution in [-0.2, 0) is 15.7 Å². The number of anilines is 2. The number of piperazine rings is 1. The third-order valence-corrected chi connectivity index (χ3v) is 11.2. The van der Waals surface area contributed by atoms with Gasteiger partial charge in [0.25, 0.3) is 0 Å². The lowest BCUT2D eigenvalue weighted by Crippen LogP contribution is -2.58. The number of benzene rings is 2. The van der Waals surface area contributed by atoms with Gasteiger partial charge in [0.15, 0.2) is 10.9 Å². The SMILES string of the molecule is C=CC(=O)N1C[C@H](C)N(c2nc(OC[C@@]34CCCN3C[C@H](OC)C4)nc3c(F)c(-c4ccc(F)c5sc(N)nc45)c(C(F)(F)F)cc23)C[C@H]1C. The van der Waals surface area contributed by atoms with Gasteiger partial charge < -0.3 is 25.0 Å². The van der Waals surface area contributed by atoms with Crippen LogP contribution < -0.4 is 15.4 Å². The van der Waals surface area contributed by atoms with Crippen molar-refractivity contribution >= 4 is 49.3 Å². The average Bonchev–Trinajstić information content (AvgIpc) is 3.76. The molecule has 1 amide bonds. The van der Waals surface area contributed by atoms with Gasteiger partial charge in [0.2, 0.25) is 5.91 Å². The van der Waals surface area contributed by atoms with E-state index in [1.165, 1.54) is 6.08 Å². The van der Waals surface area contributed by atoms with E-state index in [9.17, 15) is 22.4 Å². The topological polar surface area (TPSA) is 110 Å². The fourth-order valence-corrected chi connectivity index (χ4v) is 8.59. The highest BCUT2D eigenvalue weighted by atomic mass is 32.1. The van der Waals surface area contributed by atoms with E-state index in [1.54, 1.807) is 30.8 Å². The van der Waals surface area contributed by atoms with Gasteiger partial charge in [-0.3, -0.25) is 9.69 Å². The molecule has 0 spiro atoms. The first-order chi connectivity index (χ1) is 23.7. The van der Waals surface area contributed by atoms with Crippen LogP contribution in [0.25, 0.3) is 32.2 Å². The molecule has 16 heteroatoms. The van der Waals surface area contributed by atoms with E-state index in [1.807, 2.05) is 0 Å². The van der Waals surface area contributed by atoms with Gasteiger partial charge in [-0.05, 0) is 63.9 Å². The summed E-state index contributed by atoms with van der Waals surface area (Å²) in [6.07, 6.45) is -1.31. The molecule has 50 heavy (non-hydrogen) atoms. The molecule has 3 fully saturated rings. The number of halogens is 5. The van der Waals surface area contributed by atoms with Crippen molar-refractivity contribution < 1.29 is 36.2 Å². The maximum absolute atomic E-state index is 17.0. The largest absolute Gasteiger partial charge is 0.461 e. The Morgan fingerprint density at radius 1 is 1.14 bits per heavy atom. The molecular weight excluding hydrogens is 681 g/mol. The van der Waals surface area contributed by atoms with Gasteiger partial charge in [-0.2, -0.15) is 23.1 Å². The summed E-state index contributed by atoms with van der Waals surface area (Å²) >= 11 is 0.754. The second kappa shape index (κ2) is 12.6. The highest BCUT2D eigenvalue weighted by molar-refractivity contribution is 7.22. The predicted octanol–water partition coefficient (Wildman–Crippen LogP) is 6.03. The molecule has 7 rings (SSSR count). The number of alkyl halides is 3. The summed E-state index contributed by atoms with van der Waals surface area (Å²) < 4.78 is 88.4. The zero-order valence-electron chi connectivity index (χ0n) is 27.7. The quantitative estimate of drug-likeness (QED) is 0.181. The fraction of sp³-hybridized carbons (Fsp3) is 0.471. The summed E-state index contributed by atoms with van der Waals surface area (Å²) in [7, 11) is 1.66. The number of nitrogens with two attached hydrogens (primary N) is 1. The first kappa shape index (κ1) is 34.3. The Hall–Kier alpha value is -4.15. The zero-order valence-corrected chi connectivity index (χ0v) is 28.5. The van der Waals surface area contributed by atoms with Crippen LogP contribution in [0.3, 0.4) is 0 Å². The minimum Gasteiger partial charge on any atom is -0.461 e. The Bertz CT molecular complexity index is 2010. The lowest BCUT2D eigenvalue weighted by atomic mass is 9.94. The van der Waals surface area contributed by atoms with Crippen LogP contribution in [0.1, 0.15) is 38.7 Å². The molecule has 0 unspecified atom stereocenters. The Labute approximate surface area is 288 Å². The first-order valence-electron chi connectivity index (χ1n) is 16.3. The van der Waals surface area contributed by atoms with Crippen LogP contribution in [0, 0.1) is 11.6 Å². The van der Waals surface area contributed by atoms with E-state index in [0.717, 1.165) is 55.5 Å². The molecule has 3 saturated heterocycles. The third kappa shape index (κ3) is 5.70. The van der Waals surface area contributed by atoms with Gasteiger partial charge in [-0.1, -0.05) is 17.9 Å². The predicted molar refractivity (Wildman–Crippen MR) is 180 cm³/mol. The number of nitrogens with zero attached hydrogens (tertiary/aromatic N) is 6. The normalized spacial score (nSPS) is 24.4. The fourth-order valence-electron chi connectivity index (χ4n) is 7.82. The second-order valence-corrected chi connectivity index (χ2v) is 14.4. The number of ether oxygens (including phenoxy) is 2. The van der Waals surface area contributed by atoms with E-state index < -0.39 is 40.5 Å². The van der Waals surface area contributed by atoms with Gasteiger partial charge in [-0.25, -0.2) is 13.8 Å². The standard InChI is InChI=1S/C34H36F5N7O3S/c1-5-24(47)45-13-18(3)46(14-17(45)2)30-21-11-22(34(37,38)39)25(20-7-8-23(35)29-28(20)41-31(40)50-29)26(36)27(21)42-32(43-30)49-16-33-9-6-10-44(33)15-19(12-33)48-4/h5,7-8,11,17-19H,1,6,9-10,12-16H2,2-4H3,(H2,40,41)/t17-,18+,19-,33+/m1/s1. The number of carbonyl (C=O) groups is 1. The third-order valence-electron chi connectivity index (χ3n) is 10.3. The molecule has 4 aromatic rings. The van der Waals surface area contributed by atoms with Gasteiger partial charge in [0.1, 0.15) is 23.8 Å². The number of carbonyl (C=O) groups excluding carboxylic acids is 1. The van der Waals surface area contributed by atoms with Crippen molar-refractivity contribution in [2.75, 3.05) is 50.5 Å². The highest BCUT2D eigenvalue weighted by Gasteiger charge is 2.49. The average molecular weight is 718 g/mol. The molecule has 3 aliphatic rings. The van der Waals surface area contributed by atoms with Crippen LogP contribution in [0.2, 0.25) is 0 Å². The Morgan fingerprint density at radius 2 is 1.92 bits per heavy atom. The van der Waals surface area contributed by atoms with Crippen LogP contribution in [0.4, 0.5) is 32.9 Å². The van der Waals surface area contributed by atoms with Crippen molar-refractivity contribution in [3.63, 3.8) is 0 Å². The number of fused-ring (bicyclic) bond motifs is 3. The maximum Gasteiger partial charge on any atom is 0.417 e. The van der Waals surface area contributed by atoms with Gasteiger partial charge >= 0.3 is 12.2 Å². The van der Waals surface area contributed by atoms with Crippen molar-refractivity contribution in [3.05, 3.63) is 48.1 Å². The van der Waals surface area contributed by atoms with Crippen molar-refractivity contribution in [2.45, 2.75) is 63.0 Å². The lowest BCUT2D eigenvalue weighted by Gasteiger charge is -2.44. The zero-order chi connectivity index (χ0) is 35.7. The summed E-state index contributed by atoms with van der Waals surface area (Å²) in [6.45, 7) is 9.35. The van der Waals surface area contributed by atoms with E-state index in [2.05, 4.69) is 26.4 Å². The van der Waals surface area contributed by atoms with Crippen LogP contribution in [0.5, 0.6) is 6.01 Å². The summed E-state index contributed by atoms with van der Waals surface area (Å²) in [5, 5.41) is -0.271.